The number of aryl methyl sites for hydroxylation is 1. The molecule has 1 N–H and O–H groups in total. The molecule has 29 heavy (non-hydrogen) atoms. The summed E-state index contributed by atoms with van der Waals surface area (Å²) in [5.74, 6) is -0.391. The molecule has 3 rings (SSSR count). The molecule has 0 aliphatic heterocycles. The first kappa shape index (κ1) is 20.1. The smallest absolute Gasteiger partial charge is 0.258 e. The van der Waals surface area contributed by atoms with Crippen LogP contribution in [0.5, 0.6) is 5.75 Å². The zero-order chi connectivity index (χ0) is 20.6. The first-order valence-corrected chi connectivity index (χ1v) is 9.36. The summed E-state index contributed by atoms with van der Waals surface area (Å²) in [6.45, 7) is 1.81. The zero-order valence-electron chi connectivity index (χ0n) is 16.1. The molecule has 0 aliphatic carbocycles. The van der Waals surface area contributed by atoms with Crippen molar-refractivity contribution in [1.82, 2.24) is 5.32 Å². The Labute approximate surface area is 169 Å². The number of amides is 1. The van der Waals surface area contributed by atoms with Gasteiger partial charge >= 0.3 is 0 Å². The molecule has 0 saturated heterocycles. The quantitative estimate of drug-likeness (QED) is 0.646. The molecule has 5 heteroatoms. The van der Waals surface area contributed by atoms with Crippen molar-refractivity contribution in [3.63, 3.8) is 0 Å². The van der Waals surface area contributed by atoms with Crippen molar-refractivity contribution in [2.45, 2.75) is 19.4 Å². The third kappa shape index (κ3) is 5.20. The number of nitriles is 1. The fourth-order valence-electron chi connectivity index (χ4n) is 3.02. The number of carbonyl (C=O) groups is 1. The number of nitrogens with one attached hydrogen (secondary N) is 1. The van der Waals surface area contributed by atoms with Gasteiger partial charge in [-0.25, -0.2) is 4.39 Å². The van der Waals surface area contributed by atoms with Gasteiger partial charge in [0, 0.05) is 0 Å². The number of hydrogen-bond donors (Lipinski definition) is 1. The summed E-state index contributed by atoms with van der Waals surface area (Å²) in [5, 5.41) is 12.0. The van der Waals surface area contributed by atoms with Gasteiger partial charge in [0.15, 0.2) is 6.61 Å². The van der Waals surface area contributed by atoms with Gasteiger partial charge in [-0.3, -0.25) is 4.79 Å². The standard InChI is InChI=1S/C24H21FN2O2/c1-2-17-10-12-18(13-11-17)24(19-7-5-8-21(25)14-19)27-23(28)16-29-22-9-4-3-6-20(22)15-26/h3-14,24H,2,16H2,1H3,(H,27,28)/t24-/m1/s1. The highest BCUT2D eigenvalue weighted by atomic mass is 19.1. The van der Waals surface area contributed by atoms with Crippen LogP contribution in [0.1, 0.15) is 35.2 Å². The molecule has 146 valence electrons. The van der Waals surface area contributed by atoms with Gasteiger partial charge < -0.3 is 10.1 Å². The molecule has 1 atom stereocenters. The lowest BCUT2D eigenvalue weighted by Crippen LogP contribution is -2.33. The molecule has 0 heterocycles. The fourth-order valence-corrected chi connectivity index (χ4v) is 3.02. The van der Waals surface area contributed by atoms with Crippen molar-refractivity contribution in [2.75, 3.05) is 6.61 Å². The molecule has 0 saturated carbocycles. The Morgan fingerprint density at radius 2 is 1.83 bits per heavy atom. The molecule has 1 amide bonds. The molecule has 0 fully saturated rings. The van der Waals surface area contributed by atoms with Crippen molar-refractivity contribution in [3.8, 4) is 11.8 Å². The highest BCUT2D eigenvalue weighted by Gasteiger charge is 2.18. The molecule has 0 aliphatic rings. The molecule has 0 unspecified atom stereocenters. The van der Waals surface area contributed by atoms with E-state index in [1.165, 1.54) is 17.7 Å². The summed E-state index contributed by atoms with van der Waals surface area (Å²) in [5.41, 5.74) is 3.02. The first-order valence-electron chi connectivity index (χ1n) is 9.36. The minimum Gasteiger partial charge on any atom is -0.482 e. The molecule has 0 radical (unpaired) electrons. The average Bonchev–Trinajstić information content (AvgIpc) is 2.76. The second kappa shape index (κ2) is 9.52. The zero-order valence-corrected chi connectivity index (χ0v) is 16.1. The second-order valence-corrected chi connectivity index (χ2v) is 6.55. The molecule has 0 aromatic heterocycles. The van der Waals surface area contributed by atoms with E-state index in [0.29, 0.717) is 16.9 Å². The summed E-state index contributed by atoms with van der Waals surface area (Å²) < 4.78 is 19.3. The van der Waals surface area contributed by atoms with Crippen molar-refractivity contribution < 1.29 is 13.9 Å². The maximum atomic E-state index is 13.8. The van der Waals surface area contributed by atoms with Gasteiger partial charge in [0.05, 0.1) is 11.6 Å². The largest absolute Gasteiger partial charge is 0.482 e. The van der Waals surface area contributed by atoms with Crippen LogP contribution in [0.3, 0.4) is 0 Å². The van der Waals surface area contributed by atoms with Gasteiger partial charge in [-0.05, 0) is 47.4 Å². The highest BCUT2D eigenvalue weighted by Crippen LogP contribution is 2.24. The maximum absolute atomic E-state index is 13.8. The lowest BCUT2D eigenvalue weighted by molar-refractivity contribution is -0.123. The van der Waals surface area contributed by atoms with Crippen LogP contribution >= 0.6 is 0 Å². The van der Waals surface area contributed by atoms with E-state index in [4.69, 9.17) is 10.00 Å². The fraction of sp³-hybridized carbons (Fsp3) is 0.167. The van der Waals surface area contributed by atoms with Gasteiger partial charge in [0.25, 0.3) is 5.91 Å². The molecule has 0 spiro atoms. The van der Waals surface area contributed by atoms with E-state index < -0.39 is 6.04 Å². The third-order valence-corrected chi connectivity index (χ3v) is 4.57. The minimum atomic E-state index is -0.515. The number of halogens is 1. The van der Waals surface area contributed by atoms with Crippen LogP contribution in [-0.4, -0.2) is 12.5 Å². The van der Waals surface area contributed by atoms with E-state index in [1.807, 2.05) is 30.3 Å². The number of carbonyl (C=O) groups excluding carboxylic acids is 1. The van der Waals surface area contributed by atoms with Crippen molar-refractivity contribution >= 4 is 5.91 Å². The Balaban J connectivity index is 1.79. The Morgan fingerprint density at radius 3 is 2.52 bits per heavy atom. The lowest BCUT2D eigenvalue weighted by Gasteiger charge is -2.20. The van der Waals surface area contributed by atoms with Crippen LogP contribution in [0.2, 0.25) is 0 Å². The molecule has 4 nitrogen and oxygen atoms in total. The Kier molecular flexibility index (Phi) is 6.59. The molecule has 0 bridgehead atoms. The van der Waals surface area contributed by atoms with Crippen LogP contribution in [0.15, 0.2) is 72.8 Å². The SMILES string of the molecule is CCc1ccc([C@@H](NC(=O)COc2ccccc2C#N)c2cccc(F)c2)cc1. The van der Waals surface area contributed by atoms with Crippen LogP contribution < -0.4 is 10.1 Å². The topological polar surface area (TPSA) is 62.1 Å². The predicted molar refractivity (Wildman–Crippen MR) is 109 cm³/mol. The summed E-state index contributed by atoms with van der Waals surface area (Å²) in [4.78, 5) is 12.6. The van der Waals surface area contributed by atoms with Gasteiger partial charge in [0.2, 0.25) is 0 Å². The Bertz CT molecular complexity index is 1030. The number of hydrogen-bond acceptors (Lipinski definition) is 3. The number of nitrogens with zero attached hydrogens (tertiary/aromatic N) is 1. The molecular formula is C24H21FN2O2. The monoisotopic (exact) mass is 388 g/mol. The van der Waals surface area contributed by atoms with E-state index in [1.54, 1.807) is 36.4 Å². The minimum absolute atomic E-state index is 0.252. The van der Waals surface area contributed by atoms with Crippen molar-refractivity contribution in [2.24, 2.45) is 0 Å². The number of ether oxygens (including phenoxy) is 1. The van der Waals surface area contributed by atoms with E-state index in [2.05, 4.69) is 12.2 Å². The Hall–Kier alpha value is -3.65. The lowest BCUT2D eigenvalue weighted by atomic mass is 9.97. The number of para-hydroxylation sites is 1. The van der Waals surface area contributed by atoms with Gasteiger partial charge in [-0.2, -0.15) is 5.26 Å². The van der Waals surface area contributed by atoms with Crippen LogP contribution in [0.4, 0.5) is 4.39 Å². The normalized spacial score (nSPS) is 11.3. The van der Waals surface area contributed by atoms with E-state index in [-0.39, 0.29) is 18.3 Å². The Morgan fingerprint density at radius 1 is 1.07 bits per heavy atom. The molecular weight excluding hydrogens is 367 g/mol. The van der Waals surface area contributed by atoms with E-state index >= 15 is 0 Å². The van der Waals surface area contributed by atoms with Crippen LogP contribution in [0, 0.1) is 17.1 Å². The van der Waals surface area contributed by atoms with Gasteiger partial charge in [-0.15, -0.1) is 0 Å². The van der Waals surface area contributed by atoms with Crippen LogP contribution in [-0.2, 0) is 11.2 Å². The van der Waals surface area contributed by atoms with E-state index in [9.17, 15) is 9.18 Å². The van der Waals surface area contributed by atoms with Crippen molar-refractivity contribution in [1.29, 1.82) is 5.26 Å². The number of benzene rings is 3. The van der Waals surface area contributed by atoms with Crippen LogP contribution in [0.25, 0.3) is 0 Å². The summed E-state index contributed by atoms with van der Waals surface area (Å²) >= 11 is 0. The first-order chi connectivity index (χ1) is 14.1. The molecule has 3 aromatic rings. The second-order valence-electron chi connectivity index (χ2n) is 6.55. The summed E-state index contributed by atoms with van der Waals surface area (Å²) in [7, 11) is 0. The maximum Gasteiger partial charge on any atom is 0.258 e. The predicted octanol–water partition coefficient (Wildman–Crippen LogP) is 4.54. The molecule has 3 aromatic carbocycles. The van der Waals surface area contributed by atoms with Gasteiger partial charge in [0.1, 0.15) is 17.6 Å². The van der Waals surface area contributed by atoms with Crippen molar-refractivity contribution in [3.05, 3.63) is 101 Å². The van der Waals surface area contributed by atoms with E-state index in [0.717, 1.165) is 12.0 Å². The van der Waals surface area contributed by atoms with Gasteiger partial charge in [-0.1, -0.05) is 55.5 Å². The average molecular weight is 388 g/mol. The highest BCUT2D eigenvalue weighted by molar-refractivity contribution is 5.78. The third-order valence-electron chi connectivity index (χ3n) is 4.57. The number of rotatable bonds is 7. The summed E-state index contributed by atoms with van der Waals surface area (Å²) in [6, 6.07) is 22.2. The summed E-state index contributed by atoms with van der Waals surface area (Å²) in [6.07, 6.45) is 0.906.